The van der Waals surface area contributed by atoms with Crippen molar-refractivity contribution in [1.29, 1.82) is 0 Å². The highest BCUT2D eigenvalue weighted by atomic mass is 15.0. The quantitative estimate of drug-likeness (QED) is 0.764. The first-order valence-corrected chi connectivity index (χ1v) is 4.92. The Bertz CT molecular complexity index is 455. The van der Waals surface area contributed by atoms with Crippen LogP contribution >= 0.6 is 0 Å². The normalized spacial score (nSPS) is 11.1. The second kappa shape index (κ2) is 3.46. The first kappa shape index (κ1) is 9.28. The second-order valence-electron chi connectivity index (χ2n) is 3.74. The lowest BCUT2D eigenvalue weighted by molar-refractivity contribution is 0.744. The Morgan fingerprint density at radius 2 is 2.14 bits per heavy atom. The number of para-hydroxylation sites is 1. The maximum absolute atomic E-state index is 3.18. The average molecular weight is 188 g/mol. The van der Waals surface area contributed by atoms with Crippen LogP contribution in [0.4, 0.5) is 0 Å². The number of aromatic nitrogens is 1. The molecule has 0 bridgehead atoms. The van der Waals surface area contributed by atoms with Gasteiger partial charge < -0.3 is 9.88 Å². The van der Waals surface area contributed by atoms with E-state index in [0.717, 1.165) is 6.54 Å². The Kier molecular flexibility index (Phi) is 2.30. The van der Waals surface area contributed by atoms with Crippen molar-refractivity contribution in [1.82, 2.24) is 9.88 Å². The summed E-state index contributed by atoms with van der Waals surface area (Å²) in [5, 5.41) is 4.52. The van der Waals surface area contributed by atoms with Crippen LogP contribution in [-0.2, 0) is 13.6 Å². The molecule has 2 heteroatoms. The van der Waals surface area contributed by atoms with Crippen molar-refractivity contribution in [3.05, 3.63) is 35.5 Å². The molecule has 0 radical (unpaired) electrons. The summed E-state index contributed by atoms with van der Waals surface area (Å²) in [6.45, 7) is 3.08. The minimum Gasteiger partial charge on any atom is -0.346 e. The third-order valence-electron chi connectivity index (χ3n) is 2.72. The van der Waals surface area contributed by atoms with E-state index in [4.69, 9.17) is 0 Å². The Balaban J connectivity index is 2.68. The van der Waals surface area contributed by atoms with Crippen LogP contribution in [0.1, 0.15) is 11.3 Å². The van der Waals surface area contributed by atoms with Crippen LogP contribution in [0.3, 0.4) is 0 Å². The van der Waals surface area contributed by atoms with Gasteiger partial charge in [0.1, 0.15) is 0 Å². The fourth-order valence-electron chi connectivity index (χ4n) is 2.03. The highest BCUT2D eigenvalue weighted by molar-refractivity contribution is 5.84. The summed E-state index contributed by atoms with van der Waals surface area (Å²) in [7, 11) is 4.10. The molecule has 1 aromatic carbocycles. The lowest BCUT2D eigenvalue weighted by atomic mass is 10.2. The molecule has 0 aliphatic carbocycles. The number of nitrogens with zero attached hydrogens (tertiary/aromatic N) is 1. The number of benzene rings is 1. The molecule has 0 fully saturated rings. The highest BCUT2D eigenvalue weighted by Gasteiger charge is 2.05. The molecule has 0 unspecified atom stereocenters. The summed E-state index contributed by atoms with van der Waals surface area (Å²) in [5.41, 5.74) is 4.02. The van der Waals surface area contributed by atoms with E-state index in [0.29, 0.717) is 0 Å². The summed E-state index contributed by atoms with van der Waals surface area (Å²) < 4.78 is 2.27. The second-order valence-corrected chi connectivity index (χ2v) is 3.74. The van der Waals surface area contributed by atoms with Crippen molar-refractivity contribution in [3.8, 4) is 0 Å². The van der Waals surface area contributed by atoms with Crippen LogP contribution in [0.5, 0.6) is 0 Å². The van der Waals surface area contributed by atoms with E-state index >= 15 is 0 Å². The van der Waals surface area contributed by atoms with Gasteiger partial charge in [-0.25, -0.2) is 0 Å². The first-order valence-electron chi connectivity index (χ1n) is 4.92. The zero-order chi connectivity index (χ0) is 10.1. The molecule has 0 aliphatic rings. The van der Waals surface area contributed by atoms with E-state index in [9.17, 15) is 0 Å². The zero-order valence-electron chi connectivity index (χ0n) is 8.96. The molecule has 74 valence electrons. The number of rotatable bonds is 2. The van der Waals surface area contributed by atoms with E-state index in [1.54, 1.807) is 0 Å². The molecular weight excluding hydrogens is 172 g/mol. The van der Waals surface area contributed by atoms with Crippen molar-refractivity contribution in [2.45, 2.75) is 13.5 Å². The van der Waals surface area contributed by atoms with Gasteiger partial charge in [-0.15, -0.1) is 0 Å². The molecule has 1 heterocycles. The van der Waals surface area contributed by atoms with E-state index in [1.807, 2.05) is 7.05 Å². The molecule has 0 saturated heterocycles. The van der Waals surface area contributed by atoms with Gasteiger partial charge in [0.2, 0.25) is 0 Å². The van der Waals surface area contributed by atoms with Crippen LogP contribution < -0.4 is 5.32 Å². The Hall–Kier alpha value is -1.28. The average Bonchev–Trinajstić information content (AvgIpc) is 2.46. The van der Waals surface area contributed by atoms with Gasteiger partial charge in [0, 0.05) is 24.7 Å². The molecule has 14 heavy (non-hydrogen) atoms. The molecule has 2 rings (SSSR count). The number of hydrogen-bond donors (Lipinski definition) is 1. The van der Waals surface area contributed by atoms with Crippen molar-refractivity contribution >= 4 is 10.9 Å². The summed E-state index contributed by atoms with van der Waals surface area (Å²) in [4.78, 5) is 0. The molecule has 1 aromatic heterocycles. The van der Waals surface area contributed by atoms with Crippen LogP contribution in [0, 0.1) is 6.92 Å². The van der Waals surface area contributed by atoms with Gasteiger partial charge in [-0.3, -0.25) is 0 Å². The van der Waals surface area contributed by atoms with Crippen LogP contribution in [0.25, 0.3) is 10.9 Å². The maximum Gasteiger partial charge on any atom is 0.0510 e. The minimum atomic E-state index is 0.921. The molecule has 0 aliphatic heterocycles. The van der Waals surface area contributed by atoms with Crippen molar-refractivity contribution in [2.24, 2.45) is 7.05 Å². The standard InChI is InChI=1S/C12H16N2/c1-9-5-4-6-10-7-11(8-13-2)14(3)12(9)10/h4-7,13H,8H2,1-3H3. The smallest absolute Gasteiger partial charge is 0.0510 e. The third-order valence-corrected chi connectivity index (χ3v) is 2.72. The molecular formula is C12H16N2. The lowest BCUT2D eigenvalue weighted by Crippen LogP contribution is -2.08. The van der Waals surface area contributed by atoms with Gasteiger partial charge in [-0.2, -0.15) is 0 Å². The van der Waals surface area contributed by atoms with Crippen molar-refractivity contribution in [3.63, 3.8) is 0 Å². The van der Waals surface area contributed by atoms with Gasteiger partial charge in [0.05, 0.1) is 5.52 Å². The number of nitrogens with one attached hydrogen (secondary N) is 1. The SMILES string of the molecule is CNCc1cc2cccc(C)c2n1C. The number of hydrogen-bond acceptors (Lipinski definition) is 1. The molecule has 0 spiro atoms. The highest BCUT2D eigenvalue weighted by Crippen LogP contribution is 2.21. The van der Waals surface area contributed by atoms with Crippen LogP contribution in [0.15, 0.2) is 24.3 Å². The predicted octanol–water partition coefficient (Wildman–Crippen LogP) is 2.21. The number of fused-ring (bicyclic) bond motifs is 1. The molecule has 1 N–H and O–H groups in total. The number of aryl methyl sites for hydroxylation is 2. The predicted molar refractivity (Wildman–Crippen MR) is 60.4 cm³/mol. The first-order chi connectivity index (χ1) is 6.74. The minimum absolute atomic E-state index is 0.921. The van der Waals surface area contributed by atoms with Crippen molar-refractivity contribution < 1.29 is 0 Å². The van der Waals surface area contributed by atoms with Gasteiger partial charge in [0.25, 0.3) is 0 Å². The lowest BCUT2D eigenvalue weighted by Gasteiger charge is -2.04. The Labute approximate surface area is 84.5 Å². The van der Waals surface area contributed by atoms with Crippen LogP contribution in [-0.4, -0.2) is 11.6 Å². The Morgan fingerprint density at radius 1 is 1.36 bits per heavy atom. The van der Waals surface area contributed by atoms with E-state index in [-0.39, 0.29) is 0 Å². The molecule has 2 nitrogen and oxygen atoms in total. The van der Waals surface area contributed by atoms with E-state index in [2.05, 4.69) is 48.1 Å². The zero-order valence-corrected chi connectivity index (χ0v) is 8.96. The third kappa shape index (κ3) is 1.32. The van der Waals surface area contributed by atoms with Gasteiger partial charge >= 0.3 is 0 Å². The fraction of sp³-hybridized carbons (Fsp3) is 0.333. The largest absolute Gasteiger partial charge is 0.346 e. The van der Waals surface area contributed by atoms with E-state index < -0.39 is 0 Å². The topological polar surface area (TPSA) is 17.0 Å². The maximum atomic E-state index is 3.18. The summed E-state index contributed by atoms with van der Waals surface area (Å²) in [6.07, 6.45) is 0. The van der Waals surface area contributed by atoms with Crippen LogP contribution in [0.2, 0.25) is 0 Å². The van der Waals surface area contributed by atoms with E-state index in [1.165, 1.54) is 22.2 Å². The molecule has 0 atom stereocenters. The summed E-state index contributed by atoms with van der Waals surface area (Å²) >= 11 is 0. The van der Waals surface area contributed by atoms with Gasteiger partial charge in [-0.1, -0.05) is 18.2 Å². The van der Waals surface area contributed by atoms with Gasteiger partial charge in [0.15, 0.2) is 0 Å². The van der Waals surface area contributed by atoms with Gasteiger partial charge in [-0.05, 0) is 25.6 Å². The summed E-state index contributed by atoms with van der Waals surface area (Å²) in [5.74, 6) is 0. The Morgan fingerprint density at radius 3 is 2.79 bits per heavy atom. The monoisotopic (exact) mass is 188 g/mol. The molecule has 2 aromatic rings. The fourth-order valence-corrected chi connectivity index (χ4v) is 2.03. The van der Waals surface area contributed by atoms with Crippen molar-refractivity contribution in [2.75, 3.05) is 7.05 Å². The molecule has 0 amide bonds. The molecule has 0 saturated carbocycles. The summed E-state index contributed by atoms with van der Waals surface area (Å²) in [6, 6.07) is 8.69.